The van der Waals surface area contributed by atoms with E-state index < -0.39 is 22.2 Å². The SMILES string of the molecule is CC(=O)O[C@H]1CC[C@@]2(C)[C@@H](CC[C@@]3(C)O[C@]32/C=C\[C@]23OC(=O)[C@@]4(CCC(C)(C)C[C@H]42)CC[C@]3(C)O)C1(C)C. The molecule has 0 amide bonds. The molecule has 2 saturated heterocycles. The lowest BCUT2D eigenvalue weighted by Crippen LogP contribution is -2.62. The van der Waals surface area contributed by atoms with Gasteiger partial charge in [0.1, 0.15) is 17.3 Å². The zero-order chi connectivity index (χ0) is 27.8. The first-order valence-electron chi connectivity index (χ1n) is 14.9. The van der Waals surface area contributed by atoms with Crippen LogP contribution in [0.2, 0.25) is 0 Å². The van der Waals surface area contributed by atoms with Gasteiger partial charge in [0.25, 0.3) is 0 Å². The molecule has 6 fully saturated rings. The number of ether oxygens (including phenoxy) is 3. The molecule has 0 spiro atoms. The summed E-state index contributed by atoms with van der Waals surface area (Å²) in [5, 5.41) is 11.9. The first-order chi connectivity index (χ1) is 17.4. The van der Waals surface area contributed by atoms with Gasteiger partial charge in [-0.3, -0.25) is 9.59 Å². The van der Waals surface area contributed by atoms with Crippen molar-refractivity contribution in [3.05, 3.63) is 12.2 Å². The summed E-state index contributed by atoms with van der Waals surface area (Å²) in [4.78, 5) is 25.5. The summed E-state index contributed by atoms with van der Waals surface area (Å²) in [6.07, 6.45) is 11.8. The van der Waals surface area contributed by atoms with E-state index in [0.29, 0.717) is 18.8 Å². The Bertz CT molecular complexity index is 1100. The number of hydrogen-bond acceptors (Lipinski definition) is 6. The van der Waals surface area contributed by atoms with Crippen LogP contribution in [0.5, 0.6) is 0 Å². The molecule has 4 aliphatic carbocycles. The third-order valence-electron chi connectivity index (χ3n) is 12.9. The van der Waals surface area contributed by atoms with Gasteiger partial charge in [-0.05, 0) is 95.1 Å². The van der Waals surface area contributed by atoms with Gasteiger partial charge in [-0.25, -0.2) is 0 Å². The van der Waals surface area contributed by atoms with Crippen molar-refractivity contribution in [1.29, 1.82) is 0 Å². The average molecular weight is 529 g/mol. The predicted octanol–water partition coefficient (Wildman–Crippen LogP) is 5.89. The van der Waals surface area contributed by atoms with Crippen LogP contribution < -0.4 is 0 Å². The second-order valence-corrected chi connectivity index (χ2v) is 15.9. The summed E-state index contributed by atoms with van der Waals surface area (Å²) in [7, 11) is 0. The highest BCUT2D eigenvalue weighted by molar-refractivity contribution is 5.82. The Morgan fingerprint density at radius 2 is 1.61 bits per heavy atom. The lowest BCUT2D eigenvalue weighted by atomic mass is 9.45. The van der Waals surface area contributed by atoms with Crippen molar-refractivity contribution in [2.24, 2.45) is 33.5 Å². The van der Waals surface area contributed by atoms with E-state index in [1.54, 1.807) is 0 Å². The molecule has 1 N–H and O–H groups in total. The average Bonchev–Trinajstić information content (AvgIpc) is 3.37. The van der Waals surface area contributed by atoms with Crippen molar-refractivity contribution in [3.63, 3.8) is 0 Å². The molecule has 6 nitrogen and oxygen atoms in total. The normalized spacial score (nSPS) is 53.9. The fourth-order valence-corrected chi connectivity index (χ4v) is 10.5. The highest BCUT2D eigenvalue weighted by atomic mass is 16.6. The van der Waals surface area contributed by atoms with E-state index in [0.717, 1.165) is 44.9 Å². The topological polar surface area (TPSA) is 85.4 Å². The van der Waals surface area contributed by atoms with E-state index in [4.69, 9.17) is 14.2 Å². The molecular formula is C32H48O6. The first kappa shape index (κ1) is 26.8. The van der Waals surface area contributed by atoms with Gasteiger partial charge in [0.2, 0.25) is 0 Å². The number of carbonyl (C=O) groups is 2. The molecular weight excluding hydrogens is 480 g/mol. The Morgan fingerprint density at radius 3 is 2.29 bits per heavy atom. The highest BCUT2D eigenvalue weighted by Gasteiger charge is 2.80. The van der Waals surface area contributed by atoms with Crippen molar-refractivity contribution < 1.29 is 28.9 Å². The minimum Gasteiger partial charge on any atom is -0.462 e. The van der Waals surface area contributed by atoms with Crippen LogP contribution in [0.15, 0.2) is 12.2 Å². The Hall–Kier alpha value is -1.40. The lowest BCUT2D eigenvalue weighted by molar-refractivity contribution is -0.177. The Labute approximate surface area is 228 Å². The van der Waals surface area contributed by atoms with E-state index in [2.05, 4.69) is 53.7 Å². The molecule has 0 aromatic carbocycles. The number of rotatable bonds is 3. The molecule has 2 heterocycles. The third kappa shape index (κ3) is 3.08. The summed E-state index contributed by atoms with van der Waals surface area (Å²) in [6.45, 7) is 17.0. The van der Waals surface area contributed by atoms with Crippen molar-refractivity contribution in [1.82, 2.24) is 0 Å². The van der Waals surface area contributed by atoms with Gasteiger partial charge in [-0.1, -0.05) is 34.6 Å². The standard InChI is InChI=1S/C32H48O6/c1-20(33)36-23-10-11-27(6)21(26(23,4)5)9-12-29(8)32(27,38-29)18-17-31-22-19-25(2,3)13-15-30(22,24(34)37-31)16-14-28(31,7)35/h17-18,21-23,35H,9-16,19H2,1-8H3/b18-17-/t21-,22+,23-,27-,28-,29+,30-,31-,32-/m0/s1. The number of aliphatic hydroxyl groups is 1. The summed E-state index contributed by atoms with van der Waals surface area (Å²) in [6, 6.07) is 0. The fourth-order valence-electron chi connectivity index (χ4n) is 10.5. The van der Waals surface area contributed by atoms with Crippen LogP contribution in [0.1, 0.15) is 113 Å². The van der Waals surface area contributed by atoms with Crippen LogP contribution in [0.3, 0.4) is 0 Å². The number of hydrogen-bond donors (Lipinski definition) is 1. The van der Waals surface area contributed by atoms with Crippen molar-refractivity contribution in [2.45, 2.75) is 142 Å². The van der Waals surface area contributed by atoms with Crippen LogP contribution in [0, 0.1) is 33.5 Å². The largest absolute Gasteiger partial charge is 0.462 e. The summed E-state index contributed by atoms with van der Waals surface area (Å²) < 4.78 is 19.0. The van der Waals surface area contributed by atoms with Crippen LogP contribution in [-0.4, -0.2) is 45.6 Å². The third-order valence-corrected chi connectivity index (χ3v) is 12.9. The van der Waals surface area contributed by atoms with Gasteiger partial charge in [0, 0.05) is 23.7 Å². The zero-order valence-corrected chi connectivity index (χ0v) is 24.7. The van der Waals surface area contributed by atoms with E-state index >= 15 is 0 Å². The molecule has 38 heavy (non-hydrogen) atoms. The van der Waals surface area contributed by atoms with Gasteiger partial charge in [-0.2, -0.15) is 0 Å². The minimum absolute atomic E-state index is 0.0454. The molecule has 0 aromatic rings. The molecule has 6 rings (SSSR count). The molecule has 2 aliphatic heterocycles. The minimum atomic E-state index is -1.14. The van der Waals surface area contributed by atoms with E-state index in [1.165, 1.54) is 6.92 Å². The monoisotopic (exact) mass is 528 g/mol. The maximum atomic E-state index is 13.6. The van der Waals surface area contributed by atoms with E-state index in [-0.39, 0.29) is 45.8 Å². The molecule has 9 atom stereocenters. The molecule has 0 radical (unpaired) electrons. The van der Waals surface area contributed by atoms with Crippen molar-refractivity contribution >= 4 is 11.9 Å². The van der Waals surface area contributed by atoms with Gasteiger partial charge < -0.3 is 19.3 Å². The Kier molecular flexibility index (Phi) is 5.26. The van der Waals surface area contributed by atoms with Crippen molar-refractivity contribution in [2.75, 3.05) is 0 Å². The highest BCUT2D eigenvalue weighted by Crippen LogP contribution is 2.74. The molecule has 0 aromatic heterocycles. The van der Waals surface area contributed by atoms with Crippen LogP contribution in [0.25, 0.3) is 0 Å². The molecule has 6 heteroatoms. The predicted molar refractivity (Wildman–Crippen MR) is 143 cm³/mol. The second kappa shape index (κ2) is 7.46. The Balaban J connectivity index is 1.41. The van der Waals surface area contributed by atoms with E-state index in [1.807, 2.05) is 6.92 Å². The van der Waals surface area contributed by atoms with Gasteiger partial charge in [0.15, 0.2) is 5.60 Å². The maximum Gasteiger partial charge on any atom is 0.313 e. The summed E-state index contributed by atoms with van der Waals surface area (Å²) in [5.74, 6) is -0.0779. The van der Waals surface area contributed by atoms with Crippen LogP contribution in [-0.2, 0) is 23.8 Å². The maximum absolute atomic E-state index is 13.6. The van der Waals surface area contributed by atoms with Crippen LogP contribution in [0.4, 0.5) is 0 Å². The number of fused-ring (bicyclic) bond motifs is 3. The zero-order valence-electron chi connectivity index (χ0n) is 24.7. The molecule has 212 valence electrons. The summed E-state index contributed by atoms with van der Waals surface area (Å²) in [5.41, 5.74) is -3.73. The molecule has 4 saturated carbocycles. The van der Waals surface area contributed by atoms with Gasteiger partial charge in [0.05, 0.1) is 11.0 Å². The Morgan fingerprint density at radius 1 is 0.921 bits per heavy atom. The van der Waals surface area contributed by atoms with Gasteiger partial charge >= 0.3 is 11.9 Å². The number of epoxide rings is 1. The van der Waals surface area contributed by atoms with Crippen molar-refractivity contribution in [3.8, 4) is 0 Å². The smallest absolute Gasteiger partial charge is 0.313 e. The molecule has 2 bridgehead atoms. The fraction of sp³-hybridized carbons (Fsp3) is 0.875. The second-order valence-electron chi connectivity index (χ2n) is 15.9. The van der Waals surface area contributed by atoms with E-state index in [9.17, 15) is 14.7 Å². The lowest BCUT2D eigenvalue weighted by Gasteiger charge is -2.58. The molecule has 0 unspecified atom stereocenters. The number of esters is 2. The summed E-state index contributed by atoms with van der Waals surface area (Å²) >= 11 is 0. The van der Waals surface area contributed by atoms with Gasteiger partial charge in [-0.15, -0.1) is 0 Å². The first-order valence-corrected chi connectivity index (χ1v) is 14.9. The molecule has 6 aliphatic rings. The number of carbonyl (C=O) groups excluding carboxylic acids is 2. The quantitative estimate of drug-likeness (QED) is 0.279. The van der Waals surface area contributed by atoms with Crippen LogP contribution >= 0.6 is 0 Å².